The predicted octanol–water partition coefficient (Wildman–Crippen LogP) is 4.17. The van der Waals surface area contributed by atoms with Crippen molar-refractivity contribution in [3.05, 3.63) is 59.4 Å². The molecule has 0 saturated heterocycles. The number of ether oxygens (including phenoxy) is 1. The molecule has 0 spiro atoms. The molecule has 0 aliphatic heterocycles. The van der Waals surface area contributed by atoms with Crippen molar-refractivity contribution in [2.45, 2.75) is 5.33 Å². The van der Waals surface area contributed by atoms with Gasteiger partial charge in [0.25, 0.3) is 0 Å². The number of carbonyl (C=O) groups excluding carboxylic acids is 1. The first-order valence-corrected chi connectivity index (χ1v) is 6.82. The number of carbonyl (C=O) groups is 1. The van der Waals surface area contributed by atoms with Crippen LogP contribution in [0.15, 0.2) is 42.5 Å². The predicted molar refractivity (Wildman–Crippen MR) is 75.8 cm³/mol. The van der Waals surface area contributed by atoms with E-state index in [1.165, 1.54) is 19.2 Å². The number of hydrogen-bond donors (Lipinski definition) is 0. The second kappa shape index (κ2) is 5.97. The fourth-order valence-electron chi connectivity index (χ4n) is 1.98. The Balaban J connectivity index is 2.69. The molecule has 0 aliphatic rings. The van der Waals surface area contributed by atoms with E-state index in [1.807, 2.05) is 30.3 Å². The van der Waals surface area contributed by atoms with Crippen molar-refractivity contribution in [3.8, 4) is 11.1 Å². The minimum atomic E-state index is -0.466. The van der Waals surface area contributed by atoms with Gasteiger partial charge in [-0.3, -0.25) is 0 Å². The van der Waals surface area contributed by atoms with Gasteiger partial charge in [0.1, 0.15) is 5.82 Å². The van der Waals surface area contributed by atoms with Gasteiger partial charge in [0.05, 0.1) is 12.7 Å². The number of hydrogen-bond acceptors (Lipinski definition) is 2. The molecule has 2 nitrogen and oxygen atoms in total. The highest BCUT2D eigenvalue weighted by atomic mass is 79.9. The van der Waals surface area contributed by atoms with Crippen LogP contribution in [-0.4, -0.2) is 13.1 Å². The monoisotopic (exact) mass is 322 g/mol. The van der Waals surface area contributed by atoms with E-state index in [-0.39, 0.29) is 5.82 Å². The molecule has 0 saturated carbocycles. The third-order valence-electron chi connectivity index (χ3n) is 2.86. The van der Waals surface area contributed by atoms with Crippen LogP contribution in [0.3, 0.4) is 0 Å². The lowest BCUT2D eigenvalue weighted by Gasteiger charge is -2.13. The molecule has 2 rings (SSSR count). The zero-order valence-corrected chi connectivity index (χ0v) is 11.9. The summed E-state index contributed by atoms with van der Waals surface area (Å²) in [6.45, 7) is 0. The fourth-order valence-corrected chi connectivity index (χ4v) is 2.56. The van der Waals surface area contributed by atoms with Crippen LogP contribution in [0, 0.1) is 5.82 Å². The summed E-state index contributed by atoms with van der Waals surface area (Å²) in [5.74, 6) is -0.820. The van der Waals surface area contributed by atoms with Crippen LogP contribution in [0.25, 0.3) is 11.1 Å². The average Bonchev–Trinajstić information content (AvgIpc) is 2.46. The van der Waals surface area contributed by atoms with Crippen LogP contribution in [-0.2, 0) is 10.1 Å². The molecule has 2 aromatic rings. The Hall–Kier alpha value is -1.68. The summed E-state index contributed by atoms with van der Waals surface area (Å²) in [7, 11) is 1.31. The van der Waals surface area contributed by atoms with Crippen LogP contribution in [0.1, 0.15) is 15.9 Å². The molecule has 0 amide bonds. The molecular formula is C15H12BrFO2. The second-order valence-electron chi connectivity index (χ2n) is 3.94. The average molecular weight is 323 g/mol. The first kappa shape index (κ1) is 13.7. The number of methoxy groups -OCH3 is 1. The summed E-state index contributed by atoms with van der Waals surface area (Å²) in [4.78, 5) is 11.7. The molecule has 4 heteroatoms. The van der Waals surface area contributed by atoms with E-state index in [1.54, 1.807) is 0 Å². The molecule has 19 heavy (non-hydrogen) atoms. The van der Waals surface area contributed by atoms with E-state index < -0.39 is 5.97 Å². The van der Waals surface area contributed by atoms with Gasteiger partial charge in [0.15, 0.2) is 0 Å². The standard InChI is InChI=1S/C15H12BrFO2/c1-19-15(18)11-7-8-13(17)14(12(11)9-16)10-5-3-2-4-6-10/h2-8H,9H2,1H3. The van der Waals surface area contributed by atoms with Crippen molar-refractivity contribution in [1.29, 1.82) is 0 Å². The highest BCUT2D eigenvalue weighted by molar-refractivity contribution is 9.08. The van der Waals surface area contributed by atoms with Crippen LogP contribution in [0.2, 0.25) is 0 Å². The lowest BCUT2D eigenvalue weighted by atomic mass is 9.96. The number of benzene rings is 2. The third-order valence-corrected chi connectivity index (χ3v) is 3.42. The zero-order valence-electron chi connectivity index (χ0n) is 10.3. The molecule has 2 aromatic carbocycles. The van der Waals surface area contributed by atoms with Gasteiger partial charge in [-0.2, -0.15) is 0 Å². The van der Waals surface area contributed by atoms with Gasteiger partial charge >= 0.3 is 5.97 Å². The van der Waals surface area contributed by atoms with E-state index >= 15 is 0 Å². The van der Waals surface area contributed by atoms with Gasteiger partial charge in [-0.05, 0) is 23.3 Å². The molecule has 0 radical (unpaired) electrons. The summed E-state index contributed by atoms with van der Waals surface area (Å²) in [6.07, 6.45) is 0. The van der Waals surface area contributed by atoms with Crippen molar-refractivity contribution in [1.82, 2.24) is 0 Å². The van der Waals surface area contributed by atoms with Crippen molar-refractivity contribution in [2.75, 3.05) is 7.11 Å². The summed E-state index contributed by atoms with van der Waals surface area (Å²) in [5.41, 5.74) is 2.14. The topological polar surface area (TPSA) is 26.3 Å². The Morgan fingerprint density at radius 3 is 2.47 bits per heavy atom. The Morgan fingerprint density at radius 2 is 1.89 bits per heavy atom. The fraction of sp³-hybridized carbons (Fsp3) is 0.133. The minimum Gasteiger partial charge on any atom is -0.465 e. The van der Waals surface area contributed by atoms with Crippen molar-refractivity contribution >= 4 is 21.9 Å². The molecule has 0 atom stereocenters. The first-order valence-electron chi connectivity index (χ1n) is 5.70. The SMILES string of the molecule is COC(=O)c1ccc(F)c(-c2ccccc2)c1CBr. The lowest BCUT2D eigenvalue weighted by Crippen LogP contribution is -2.07. The minimum absolute atomic E-state index is 0.353. The van der Waals surface area contributed by atoms with E-state index in [9.17, 15) is 9.18 Å². The maximum absolute atomic E-state index is 14.1. The molecule has 0 aromatic heterocycles. The highest BCUT2D eigenvalue weighted by Gasteiger charge is 2.18. The van der Waals surface area contributed by atoms with Gasteiger partial charge in [-0.1, -0.05) is 46.3 Å². The molecule has 0 bridgehead atoms. The zero-order chi connectivity index (χ0) is 13.8. The van der Waals surface area contributed by atoms with E-state index in [4.69, 9.17) is 4.74 Å². The Morgan fingerprint density at radius 1 is 1.21 bits per heavy atom. The molecule has 0 N–H and O–H groups in total. The van der Waals surface area contributed by atoms with Gasteiger partial charge < -0.3 is 4.74 Å². The Bertz CT molecular complexity index is 597. The third kappa shape index (κ3) is 2.68. The van der Waals surface area contributed by atoms with Crippen molar-refractivity contribution < 1.29 is 13.9 Å². The number of alkyl halides is 1. The van der Waals surface area contributed by atoms with Crippen LogP contribution in [0.5, 0.6) is 0 Å². The summed E-state index contributed by atoms with van der Waals surface area (Å²) in [5, 5.41) is 0.374. The molecular weight excluding hydrogens is 311 g/mol. The van der Waals surface area contributed by atoms with Crippen LogP contribution in [0.4, 0.5) is 4.39 Å². The lowest BCUT2D eigenvalue weighted by molar-refractivity contribution is 0.0600. The van der Waals surface area contributed by atoms with E-state index in [0.29, 0.717) is 22.0 Å². The Labute approximate surface area is 119 Å². The normalized spacial score (nSPS) is 10.3. The second-order valence-corrected chi connectivity index (χ2v) is 4.50. The van der Waals surface area contributed by atoms with E-state index in [0.717, 1.165) is 5.56 Å². The first-order chi connectivity index (χ1) is 9.19. The van der Waals surface area contributed by atoms with Gasteiger partial charge in [-0.25, -0.2) is 9.18 Å². The molecule has 0 heterocycles. The molecule has 0 fully saturated rings. The van der Waals surface area contributed by atoms with Gasteiger partial charge in [0.2, 0.25) is 0 Å². The molecule has 98 valence electrons. The smallest absolute Gasteiger partial charge is 0.338 e. The maximum atomic E-state index is 14.1. The summed E-state index contributed by atoms with van der Waals surface area (Å²) in [6, 6.07) is 11.9. The number of esters is 1. The van der Waals surface area contributed by atoms with Crippen LogP contribution >= 0.6 is 15.9 Å². The largest absolute Gasteiger partial charge is 0.465 e. The number of halogens is 2. The van der Waals surface area contributed by atoms with E-state index in [2.05, 4.69) is 15.9 Å². The van der Waals surface area contributed by atoms with Gasteiger partial charge in [0, 0.05) is 10.9 Å². The molecule has 0 unspecified atom stereocenters. The Kier molecular flexibility index (Phi) is 4.32. The van der Waals surface area contributed by atoms with Crippen molar-refractivity contribution in [2.24, 2.45) is 0 Å². The summed E-state index contributed by atoms with van der Waals surface area (Å²) < 4.78 is 18.8. The quantitative estimate of drug-likeness (QED) is 0.626. The number of rotatable bonds is 3. The summed E-state index contributed by atoms with van der Waals surface area (Å²) >= 11 is 3.31. The maximum Gasteiger partial charge on any atom is 0.338 e. The van der Waals surface area contributed by atoms with Crippen LogP contribution < -0.4 is 0 Å². The highest BCUT2D eigenvalue weighted by Crippen LogP contribution is 2.31. The molecule has 0 aliphatic carbocycles. The van der Waals surface area contributed by atoms with Crippen molar-refractivity contribution in [3.63, 3.8) is 0 Å². The van der Waals surface area contributed by atoms with Gasteiger partial charge in [-0.15, -0.1) is 0 Å².